The molecule has 0 radical (unpaired) electrons. The number of carbonyl (C=O) groups is 1. The molecule has 11 heteroatoms. The quantitative estimate of drug-likeness (QED) is 0.128. The van der Waals surface area contributed by atoms with Crippen LogP contribution in [0.4, 0.5) is 26.3 Å². The lowest BCUT2D eigenvalue weighted by Crippen LogP contribution is -2.61. The molecule has 0 amide bonds. The predicted molar refractivity (Wildman–Crippen MR) is 148 cm³/mol. The fraction of sp³-hybridized carbons (Fsp3) is 0.893. The maximum absolute atomic E-state index is 14.1. The van der Waals surface area contributed by atoms with Crippen LogP contribution in [0.2, 0.25) is 26.2 Å². The van der Waals surface area contributed by atoms with Crippen LogP contribution < -0.4 is 0 Å². The fourth-order valence-electron chi connectivity index (χ4n) is 7.35. The highest BCUT2D eigenvalue weighted by Gasteiger charge is 2.71. The van der Waals surface area contributed by atoms with E-state index in [1.165, 1.54) is 19.6 Å². The lowest BCUT2D eigenvalue weighted by atomic mass is 9.56. The van der Waals surface area contributed by atoms with E-state index in [0.29, 0.717) is 12.8 Å². The van der Waals surface area contributed by atoms with Crippen molar-refractivity contribution in [1.82, 2.24) is 0 Å². The number of ketones is 1. The molecule has 2 aliphatic carbocycles. The van der Waals surface area contributed by atoms with E-state index in [1.807, 2.05) is 27.3 Å². The number of hydrogen-bond donors (Lipinski definition) is 0. The molecule has 0 bridgehead atoms. The van der Waals surface area contributed by atoms with Gasteiger partial charge in [0.05, 0.1) is 0 Å². The molecule has 0 aliphatic heterocycles. The molecule has 0 heterocycles. The second-order valence-electron chi connectivity index (χ2n) is 13.8. The first-order chi connectivity index (χ1) is 17.5. The van der Waals surface area contributed by atoms with Crippen LogP contribution in [0.15, 0.2) is 12.2 Å². The summed E-state index contributed by atoms with van der Waals surface area (Å²) in [6, 6.07) is 0. The van der Waals surface area contributed by atoms with E-state index in [2.05, 4.69) is 6.92 Å². The molecule has 2 saturated carbocycles. The molecule has 0 N–H and O–H groups in total. The van der Waals surface area contributed by atoms with Crippen LogP contribution in [0.3, 0.4) is 0 Å². The predicted octanol–water partition coefficient (Wildman–Crippen LogP) is 8.54. The minimum atomic E-state index is -5.66. The van der Waals surface area contributed by atoms with Gasteiger partial charge in [0, 0.05) is 17.9 Å². The summed E-state index contributed by atoms with van der Waals surface area (Å²) >= 11 is 0. The van der Waals surface area contributed by atoms with E-state index >= 15 is 0 Å². The molecule has 0 aromatic carbocycles. The van der Waals surface area contributed by atoms with Gasteiger partial charge >= 0.3 is 12.4 Å². The van der Waals surface area contributed by atoms with Crippen LogP contribution >= 0.6 is 0 Å². The van der Waals surface area contributed by atoms with Gasteiger partial charge in [-0.05, 0) is 101 Å². The van der Waals surface area contributed by atoms with Crippen LogP contribution in [0, 0.1) is 22.7 Å². The Kier molecular flexibility index (Phi) is 10.6. The number of allylic oxidation sites excluding steroid dienone is 1. The second-order valence-corrected chi connectivity index (χ2v) is 19.1. The third-order valence-electron chi connectivity index (χ3n) is 9.01. The van der Waals surface area contributed by atoms with Gasteiger partial charge in [-0.15, -0.1) is 0 Å². The molecule has 2 aliphatic rings. The van der Waals surface area contributed by atoms with Gasteiger partial charge in [0.1, 0.15) is 5.78 Å². The van der Waals surface area contributed by atoms with Crippen molar-refractivity contribution >= 4 is 23.9 Å². The van der Waals surface area contributed by atoms with Crippen LogP contribution in [0.1, 0.15) is 85.5 Å². The Balaban J connectivity index is 2.47. The lowest BCUT2D eigenvalue weighted by molar-refractivity contribution is -0.340. The van der Waals surface area contributed by atoms with Gasteiger partial charge in [-0.2, -0.15) is 26.3 Å². The van der Waals surface area contributed by atoms with Crippen molar-refractivity contribution in [3.8, 4) is 0 Å². The Bertz CT molecular complexity index is 866. The molecular formula is C28H48F6O3Si2. The van der Waals surface area contributed by atoms with Crippen molar-refractivity contribution in [3.63, 3.8) is 0 Å². The molecule has 4 atom stereocenters. The summed E-state index contributed by atoms with van der Waals surface area (Å²) in [6.07, 6.45) is -4.28. The van der Waals surface area contributed by atoms with Gasteiger partial charge in [-0.1, -0.05) is 32.9 Å². The summed E-state index contributed by atoms with van der Waals surface area (Å²) in [6.45, 7) is 14.1. The average Bonchev–Trinajstić information content (AvgIpc) is 3.09. The third-order valence-corrected chi connectivity index (χ3v) is 11.0. The molecule has 0 saturated heterocycles. The van der Waals surface area contributed by atoms with E-state index in [-0.39, 0.29) is 41.1 Å². The van der Waals surface area contributed by atoms with Crippen molar-refractivity contribution in [1.29, 1.82) is 0 Å². The molecule has 0 spiro atoms. The number of hydrogen-bond acceptors (Lipinski definition) is 3. The van der Waals surface area contributed by atoms with Crippen molar-refractivity contribution < 1.29 is 40.0 Å². The van der Waals surface area contributed by atoms with Crippen molar-refractivity contribution in [2.45, 2.75) is 135 Å². The first-order valence-electron chi connectivity index (χ1n) is 14.2. The van der Waals surface area contributed by atoms with Crippen LogP contribution in [-0.2, 0) is 13.6 Å². The topological polar surface area (TPSA) is 35.5 Å². The van der Waals surface area contributed by atoms with Crippen molar-refractivity contribution in [2.75, 3.05) is 0 Å². The third kappa shape index (κ3) is 7.80. The van der Waals surface area contributed by atoms with Gasteiger partial charge in [0.2, 0.25) is 0 Å². The van der Waals surface area contributed by atoms with Gasteiger partial charge in [-0.3, -0.25) is 4.79 Å². The maximum atomic E-state index is 14.1. The number of alkyl halides is 6. The van der Waals surface area contributed by atoms with E-state index in [1.54, 1.807) is 0 Å². The summed E-state index contributed by atoms with van der Waals surface area (Å²) in [5.41, 5.74) is -5.57. The summed E-state index contributed by atoms with van der Waals surface area (Å²) < 4.78 is 95.7. The smallest absolute Gasteiger partial charge is 0.419 e. The van der Waals surface area contributed by atoms with Gasteiger partial charge in [0.25, 0.3) is 5.60 Å². The molecule has 3 nitrogen and oxygen atoms in total. The highest BCUT2D eigenvalue weighted by atomic mass is 28.4. The van der Waals surface area contributed by atoms with Gasteiger partial charge < -0.3 is 8.85 Å². The Morgan fingerprint density at radius 1 is 1.03 bits per heavy atom. The van der Waals surface area contributed by atoms with Crippen LogP contribution in [-0.4, -0.2) is 47.4 Å². The molecule has 39 heavy (non-hydrogen) atoms. The molecule has 2 fully saturated rings. The highest BCUT2D eigenvalue weighted by Crippen LogP contribution is 2.62. The highest BCUT2D eigenvalue weighted by molar-refractivity contribution is 6.69. The maximum Gasteiger partial charge on any atom is 0.429 e. The minimum Gasteiger partial charge on any atom is -0.419 e. The van der Waals surface area contributed by atoms with Crippen molar-refractivity contribution in [3.05, 3.63) is 12.2 Å². The average molecular weight is 603 g/mol. The zero-order valence-electron chi connectivity index (χ0n) is 24.9. The molecule has 228 valence electrons. The Hall–Kier alpha value is -0.656. The number of Topliss-reactive ketones (excluding diaryl/α,β-unsaturated/α-hetero) is 1. The Labute approximate surface area is 233 Å². The fourth-order valence-corrected chi connectivity index (χ4v) is 9.54. The van der Waals surface area contributed by atoms with E-state index in [9.17, 15) is 31.1 Å². The van der Waals surface area contributed by atoms with Crippen LogP contribution in [0.5, 0.6) is 0 Å². The number of rotatable bonds is 12. The van der Waals surface area contributed by atoms with E-state index < -0.39 is 41.4 Å². The zero-order chi connectivity index (χ0) is 30.1. The monoisotopic (exact) mass is 602 g/mol. The second kappa shape index (κ2) is 11.9. The lowest BCUT2D eigenvalue weighted by Gasteiger charge is -2.48. The molecule has 2 rings (SSSR count). The largest absolute Gasteiger partial charge is 0.429 e. The van der Waals surface area contributed by atoms with Gasteiger partial charge in [0.15, 0.2) is 18.1 Å². The number of halogens is 6. The first-order valence-corrected chi connectivity index (χ1v) is 19.6. The summed E-state index contributed by atoms with van der Waals surface area (Å²) in [5.74, 6) is 0.158. The first kappa shape index (κ1) is 34.5. The zero-order valence-corrected chi connectivity index (χ0v) is 27.3. The Morgan fingerprint density at radius 3 is 2.13 bits per heavy atom. The summed E-state index contributed by atoms with van der Waals surface area (Å²) in [5, 5.41) is 0. The standard InChI is InChI=1S/C28H48F6O3Si2/c1-23(2,36-38-5)15-10-16-24(3,22-14-13-20-21(35)12-9-18-25(20,22)4)17-11-19-26(27(29,30)31,28(32,33)34)37-39(6,7)8/h11,19-20,22H,9-10,12-18,38H2,1-8H3/t20?,22?,24?,25-/m0/s1. The van der Waals surface area contributed by atoms with E-state index in [0.717, 1.165) is 44.6 Å². The summed E-state index contributed by atoms with van der Waals surface area (Å²) in [4.78, 5) is 12.8. The summed E-state index contributed by atoms with van der Waals surface area (Å²) in [7, 11) is -3.91. The number of carbonyl (C=O) groups excluding carboxylic acids is 1. The van der Waals surface area contributed by atoms with Gasteiger partial charge in [-0.25, -0.2) is 0 Å². The normalized spacial score (nSPS) is 27.5. The molecular weight excluding hydrogens is 554 g/mol. The Morgan fingerprint density at radius 2 is 1.62 bits per heavy atom. The molecule has 3 unspecified atom stereocenters. The van der Waals surface area contributed by atoms with Crippen LogP contribution in [0.25, 0.3) is 0 Å². The van der Waals surface area contributed by atoms with E-state index in [4.69, 9.17) is 8.85 Å². The SMILES string of the molecule is C[SiH2]OC(C)(C)CCCC(C)(CC=CC(O[Si](C)(C)C)(C(F)(F)F)C(F)(F)F)C1CCC2C(=O)CCC[C@@]21C. The molecule has 0 aromatic heterocycles. The molecule has 0 aromatic rings. The minimum absolute atomic E-state index is 0.0116. The number of fused-ring (bicyclic) bond motifs is 1. The van der Waals surface area contributed by atoms with Crippen molar-refractivity contribution in [2.24, 2.45) is 22.7 Å².